The first-order chi connectivity index (χ1) is 14.6. The van der Waals surface area contributed by atoms with Crippen LogP contribution in [-0.4, -0.2) is 33.8 Å². The minimum atomic E-state index is -0.0810. The molecule has 3 rings (SSSR count). The molecule has 0 unspecified atom stereocenters. The van der Waals surface area contributed by atoms with Crippen molar-refractivity contribution in [2.45, 2.75) is 6.42 Å². The molecular formula is C24H25NO5. The molecule has 0 heterocycles. The van der Waals surface area contributed by atoms with Crippen LogP contribution in [0.15, 0.2) is 72.8 Å². The van der Waals surface area contributed by atoms with Gasteiger partial charge in [0.1, 0.15) is 28.7 Å². The van der Waals surface area contributed by atoms with Crippen molar-refractivity contribution in [3.05, 3.63) is 72.8 Å². The molecule has 0 N–H and O–H groups in total. The molecule has 0 saturated carbocycles. The van der Waals surface area contributed by atoms with E-state index in [1.165, 1.54) is 0 Å². The molecule has 0 aliphatic heterocycles. The van der Waals surface area contributed by atoms with Crippen LogP contribution in [0, 0.1) is 0 Å². The van der Waals surface area contributed by atoms with Crippen LogP contribution < -0.4 is 23.8 Å². The third kappa shape index (κ3) is 5.44. The number of para-hydroxylation sites is 1. The van der Waals surface area contributed by atoms with Gasteiger partial charge in [-0.15, -0.1) is 0 Å². The molecule has 0 bridgehead atoms. The average Bonchev–Trinajstić information content (AvgIpc) is 2.79. The number of carbonyl (C=O) groups is 1. The lowest BCUT2D eigenvalue weighted by atomic mass is 10.2. The summed E-state index contributed by atoms with van der Waals surface area (Å²) in [6.07, 6.45) is 0.230. The molecule has 0 fully saturated rings. The summed E-state index contributed by atoms with van der Waals surface area (Å²) in [6, 6.07) is 22.2. The number of rotatable bonds is 9. The van der Waals surface area contributed by atoms with Gasteiger partial charge in [0.25, 0.3) is 0 Å². The Morgan fingerprint density at radius 2 is 1.43 bits per heavy atom. The van der Waals surface area contributed by atoms with Crippen LogP contribution in [0.3, 0.4) is 0 Å². The summed E-state index contributed by atoms with van der Waals surface area (Å²) in [4.78, 5) is 14.1. The topological polar surface area (TPSA) is 57.2 Å². The molecule has 30 heavy (non-hydrogen) atoms. The van der Waals surface area contributed by atoms with Crippen LogP contribution in [0.1, 0.15) is 6.42 Å². The summed E-state index contributed by atoms with van der Waals surface area (Å²) < 4.78 is 22.0. The first kappa shape index (κ1) is 21.0. The largest absolute Gasteiger partial charge is 0.497 e. The maximum Gasteiger partial charge on any atom is 0.230 e. The third-order valence-electron chi connectivity index (χ3n) is 4.51. The first-order valence-electron chi connectivity index (χ1n) is 9.55. The number of nitrogens with zero attached hydrogens (tertiary/aromatic N) is 1. The van der Waals surface area contributed by atoms with E-state index in [1.807, 2.05) is 54.6 Å². The van der Waals surface area contributed by atoms with Crippen molar-refractivity contribution in [1.29, 1.82) is 0 Å². The van der Waals surface area contributed by atoms with Crippen LogP contribution in [0.4, 0.5) is 5.69 Å². The quantitative estimate of drug-likeness (QED) is 0.503. The van der Waals surface area contributed by atoms with Crippen molar-refractivity contribution in [1.82, 2.24) is 0 Å². The van der Waals surface area contributed by atoms with Gasteiger partial charge in [0.2, 0.25) is 5.91 Å². The summed E-state index contributed by atoms with van der Waals surface area (Å²) in [7, 11) is 4.86. The highest BCUT2D eigenvalue weighted by molar-refractivity contribution is 5.94. The highest BCUT2D eigenvalue weighted by Gasteiger charge is 2.16. The van der Waals surface area contributed by atoms with Gasteiger partial charge < -0.3 is 23.8 Å². The molecule has 0 aliphatic rings. The molecule has 156 valence electrons. The lowest BCUT2D eigenvalue weighted by molar-refractivity contribution is -0.118. The fourth-order valence-corrected chi connectivity index (χ4v) is 2.85. The lowest BCUT2D eigenvalue weighted by Crippen LogP contribution is -2.28. The average molecular weight is 407 g/mol. The van der Waals surface area contributed by atoms with Crippen molar-refractivity contribution in [2.24, 2.45) is 0 Å². The van der Waals surface area contributed by atoms with Gasteiger partial charge in [0.15, 0.2) is 0 Å². The predicted molar refractivity (Wildman–Crippen MR) is 116 cm³/mol. The van der Waals surface area contributed by atoms with E-state index in [4.69, 9.17) is 18.9 Å². The normalized spacial score (nSPS) is 10.2. The molecule has 3 aromatic carbocycles. The maximum atomic E-state index is 12.6. The summed E-state index contributed by atoms with van der Waals surface area (Å²) in [5.41, 5.74) is 0.672. The van der Waals surface area contributed by atoms with E-state index < -0.39 is 0 Å². The highest BCUT2D eigenvalue weighted by atomic mass is 16.5. The van der Waals surface area contributed by atoms with Gasteiger partial charge in [-0.1, -0.05) is 18.2 Å². The Morgan fingerprint density at radius 1 is 0.800 bits per heavy atom. The van der Waals surface area contributed by atoms with Crippen LogP contribution in [0.5, 0.6) is 28.7 Å². The number of hydrogen-bond acceptors (Lipinski definition) is 5. The van der Waals surface area contributed by atoms with Gasteiger partial charge in [-0.05, 0) is 48.5 Å². The van der Waals surface area contributed by atoms with Crippen molar-refractivity contribution in [3.63, 3.8) is 0 Å². The molecule has 0 radical (unpaired) electrons. The Labute approximate surface area is 176 Å². The van der Waals surface area contributed by atoms with Gasteiger partial charge >= 0.3 is 0 Å². The standard InChI is InChI=1S/C24H25NO5/c1-25(22-14-13-21(27-2)17-23(22)28-3)24(26)15-16-29-18-9-11-20(12-10-18)30-19-7-5-4-6-8-19/h4-14,17H,15-16H2,1-3H3. The van der Waals surface area contributed by atoms with Crippen LogP contribution in [0.25, 0.3) is 0 Å². The van der Waals surface area contributed by atoms with E-state index in [9.17, 15) is 4.79 Å². The van der Waals surface area contributed by atoms with Gasteiger partial charge in [-0.25, -0.2) is 0 Å². The monoisotopic (exact) mass is 407 g/mol. The lowest BCUT2D eigenvalue weighted by Gasteiger charge is -2.20. The molecule has 6 heteroatoms. The number of carbonyl (C=O) groups excluding carboxylic acids is 1. The fraction of sp³-hybridized carbons (Fsp3) is 0.208. The van der Waals surface area contributed by atoms with Gasteiger partial charge in [0, 0.05) is 13.1 Å². The highest BCUT2D eigenvalue weighted by Crippen LogP contribution is 2.32. The van der Waals surface area contributed by atoms with Crippen molar-refractivity contribution >= 4 is 11.6 Å². The van der Waals surface area contributed by atoms with E-state index in [0.29, 0.717) is 22.9 Å². The number of methoxy groups -OCH3 is 2. The molecule has 3 aromatic rings. The van der Waals surface area contributed by atoms with Crippen LogP contribution in [-0.2, 0) is 4.79 Å². The third-order valence-corrected chi connectivity index (χ3v) is 4.51. The van der Waals surface area contributed by atoms with Gasteiger partial charge in [0.05, 0.1) is 32.9 Å². The number of amides is 1. The zero-order chi connectivity index (χ0) is 21.3. The molecule has 0 saturated heterocycles. The second kappa shape index (κ2) is 10.2. The molecule has 6 nitrogen and oxygen atoms in total. The number of ether oxygens (including phenoxy) is 4. The first-order valence-corrected chi connectivity index (χ1v) is 9.55. The molecule has 0 aliphatic carbocycles. The summed E-state index contributed by atoms with van der Waals surface area (Å²) in [5, 5.41) is 0. The Bertz CT molecular complexity index is 957. The second-order valence-corrected chi connectivity index (χ2v) is 6.48. The summed E-state index contributed by atoms with van der Waals surface area (Å²) >= 11 is 0. The number of anilines is 1. The smallest absolute Gasteiger partial charge is 0.230 e. The van der Waals surface area contributed by atoms with Crippen molar-refractivity contribution in [2.75, 3.05) is 32.8 Å². The zero-order valence-corrected chi connectivity index (χ0v) is 17.3. The number of hydrogen-bond donors (Lipinski definition) is 0. The van der Waals surface area contributed by atoms with E-state index in [1.54, 1.807) is 44.4 Å². The Kier molecular flexibility index (Phi) is 7.16. The van der Waals surface area contributed by atoms with Crippen LogP contribution >= 0.6 is 0 Å². The van der Waals surface area contributed by atoms with E-state index >= 15 is 0 Å². The zero-order valence-electron chi connectivity index (χ0n) is 17.3. The van der Waals surface area contributed by atoms with Gasteiger partial charge in [-0.3, -0.25) is 4.79 Å². The predicted octanol–water partition coefficient (Wildman–Crippen LogP) is 4.93. The molecule has 0 aromatic heterocycles. The van der Waals surface area contributed by atoms with Crippen molar-refractivity contribution < 1.29 is 23.7 Å². The van der Waals surface area contributed by atoms with Crippen LogP contribution in [0.2, 0.25) is 0 Å². The maximum absolute atomic E-state index is 12.6. The Balaban J connectivity index is 1.51. The van der Waals surface area contributed by atoms with E-state index in [-0.39, 0.29) is 18.9 Å². The van der Waals surface area contributed by atoms with Gasteiger partial charge in [-0.2, -0.15) is 0 Å². The SMILES string of the molecule is COc1ccc(N(C)C(=O)CCOc2ccc(Oc3ccccc3)cc2)c(OC)c1. The molecule has 1 amide bonds. The van der Waals surface area contributed by atoms with Crippen molar-refractivity contribution in [3.8, 4) is 28.7 Å². The number of benzene rings is 3. The van der Waals surface area contributed by atoms with E-state index in [0.717, 1.165) is 11.5 Å². The second-order valence-electron chi connectivity index (χ2n) is 6.48. The minimum absolute atomic E-state index is 0.0810. The molecule has 0 spiro atoms. The molecular weight excluding hydrogens is 382 g/mol. The molecule has 0 atom stereocenters. The van der Waals surface area contributed by atoms with E-state index in [2.05, 4.69) is 0 Å². The summed E-state index contributed by atoms with van der Waals surface area (Å²) in [6.45, 7) is 0.264. The Morgan fingerprint density at radius 3 is 2.10 bits per heavy atom. The fourth-order valence-electron chi connectivity index (χ4n) is 2.85. The summed E-state index contributed by atoms with van der Waals surface area (Å²) in [5.74, 6) is 3.32. The Hall–Kier alpha value is -3.67. The minimum Gasteiger partial charge on any atom is -0.497 e.